The Morgan fingerprint density at radius 2 is 1.09 bits per heavy atom. The van der Waals surface area contributed by atoms with Crippen molar-refractivity contribution in [3.8, 4) is 0 Å². The number of nitrogens with two attached hydrogens (primary N) is 2. The van der Waals surface area contributed by atoms with E-state index in [1.54, 1.807) is 24.3 Å². The summed E-state index contributed by atoms with van der Waals surface area (Å²) in [6.45, 7) is 0. The van der Waals surface area contributed by atoms with Crippen LogP contribution < -0.4 is 11.5 Å². The predicted octanol–water partition coefficient (Wildman–Crippen LogP) is 3.46. The van der Waals surface area contributed by atoms with Gasteiger partial charge in [0.2, 0.25) is 0 Å². The molecule has 0 amide bonds. The summed E-state index contributed by atoms with van der Waals surface area (Å²) in [6, 6.07) is 9.43. The number of rotatable bonds is 2. The summed E-state index contributed by atoms with van der Waals surface area (Å²) in [5.41, 5.74) is 11.6. The second kappa shape index (κ2) is 9.65. The number of carboxylic acids is 2. The molecule has 0 heterocycles. The Balaban J connectivity index is 0.000000403. The summed E-state index contributed by atoms with van der Waals surface area (Å²) in [6.07, 6.45) is 0. The average Bonchev–Trinajstić information content (AvgIpc) is 2.44. The summed E-state index contributed by atoms with van der Waals surface area (Å²) in [7, 11) is 0. The first kappa shape index (κ1) is 21.6. The molecule has 0 unspecified atom stereocenters. The van der Waals surface area contributed by atoms with Crippen molar-refractivity contribution in [3.63, 3.8) is 0 Å². The minimum absolute atomic E-state index is 0. The Bertz CT molecular complexity index is 664. The van der Waals surface area contributed by atoms with Crippen molar-refractivity contribution in [3.05, 3.63) is 56.5 Å². The molecule has 23 heavy (non-hydrogen) atoms. The number of anilines is 2. The molecule has 0 saturated carbocycles. The smallest absolute Gasteiger partial charge is 0.337 e. The molecule has 2 rings (SSSR count). The molecule has 0 aliphatic rings. The molecule has 118 valence electrons. The standard InChI is InChI=1S/2C7H6BrNO2.Zn/c2*8-4-1-2-6(9)5(3-4)7(10)11;/h2*1-3H,9H2,(H,10,11);. The molecular formula is C14H12Br2N2O4Zn. The molecular weight excluding hydrogens is 485 g/mol. The monoisotopic (exact) mass is 494 g/mol. The summed E-state index contributed by atoms with van der Waals surface area (Å²) < 4.78 is 1.42. The summed E-state index contributed by atoms with van der Waals surface area (Å²) in [5, 5.41) is 17.2. The third kappa shape index (κ3) is 6.68. The molecule has 0 bridgehead atoms. The van der Waals surface area contributed by atoms with E-state index in [9.17, 15) is 9.59 Å². The van der Waals surface area contributed by atoms with Gasteiger partial charge in [-0.2, -0.15) is 0 Å². The number of halogens is 2. The predicted molar refractivity (Wildman–Crippen MR) is 91.0 cm³/mol. The maximum atomic E-state index is 10.5. The SMILES string of the molecule is Nc1ccc(Br)cc1C(=O)O.Nc1ccc(Br)cc1C(=O)O.[Zn]. The molecule has 0 radical (unpaired) electrons. The van der Waals surface area contributed by atoms with Gasteiger partial charge in [0.15, 0.2) is 0 Å². The van der Waals surface area contributed by atoms with E-state index in [4.69, 9.17) is 21.7 Å². The van der Waals surface area contributed by atoms with Crippen molar-refractivity contribution in [1.82, 2.24) is 0 Å². The molecule has 0 spiro atoms. The van der Waals surface area contributed by atoms with Gasteiger partial charge in [-0.3, -0.25) is 0 Å². The van der Waals surface area contributed by atoms with Gasteiger partial charge in [-0.15, -0.1) is 0 Å². The van der Waals surface area contributed by atoms with Crippen molar-refractivity contribution in [2.45, 2.75) is 0 Å². The van der Waals surface area contributed by atoms with Crippen molar-refractivity contribution in [2.24, 2.45) is 0 Å². The van der Waals surface area contributed by atoms with Crippen LogP contribution in [0.15, 0.2) is 45.3 Å². The molecule has 0 aliphatic carbocycles. The maximum Gasteiger partial charge on any atom is 0.337 e. The number of hydrogen-bond acceptors (Lipinski definition) is 4. The Kier molecular flexibility index (Phi) is 9.04. The first-order valence-electron chi connectivity index (χ1n) is 5.79. The fourth-order valence-electron chi connectivity index (χ4n) is 1.43. The minimum atomic E-state index is -1.01. The zero-order valence-electron chi connectivity index (χ0n) is 11.8. The van der Waals surface area contributed by atoms with Crippen LogP contribution >= 0.6 is 31.9 Å². The third-order valence-corrected chi connectivity index (χ3v) is 3.48. The second-order valence-corrected chi connectivity index (χ2v) is 5.90. The van der Waals surface area contributed by atoms with Crippen LogP contribution in [0.25, 0.3) is 0 Å². The molecule has 0 atom stereocenters. The minimum Gasteiger partial charge on any atom is -0.478 e. The summed E-state index contributed by atoms with van der Waals surface area (Å²) >= 11 is 6.29. The Labute approximate surface area is 161 Å². The van der Waals surface area contributed by atoms with Crippen LogP contribution in [0, 0.1) is 0 Å². The topological polar surface area (TPSA) is 127 Å². The van der Waals surface area contributed by atoms with E-state index in [0.717, 1.165) is 0 Å². The number of hydrogen-bond donors (Lipinski definition) is 4. The number of carboxylic acid groups (broad SMARTS) is 2. The van der Waals surface area contributed by atoms with E-state index in [1.807, 2.05) is 0 Å². The fourth-order valence-corrected chi connectivity index (χ4v) is 2.15. The number of nitrogen functional groups attached to an aromatic ring is 2. The molecule has 0 aromatic heterocycles. The van der Waals surface area contributed by atoms with Gasteiger partial charge >= 0.3 is 11.9 Å². The molecule has 0 saturated heterocycles. The van der Waals surface area contributed by atoms with Crippen LogP contribution in [0.3, 0.4) is 0 Å². The normalized spacial score (nSPS) is 9.13. The molecule has 0 aliphatic heterocycles. The third-order valence-electron chi connectivity index (χ3n) is 2.49. The van der Waals surface area contributed by atoms with Crippen LogP contribution in [0.4, 0.5) is 11.4 Å². The van der Waals surface area contributed by atoms with E-state index in [-0.39, 0.29) is 42.0 Å². The van der Waals surface area contributed by atoms with Gasteiger partial charge in [-0.1, -0.05) is 31.9 Å². The van der Waals surface area contributed by atoms with Gasteiger partial charge in [0, 0.05) is 39.8 Å². The maximum absolute atomic E-state index is 10.5. The zero-order chi connectivity index (χ0) is 16.9. The van der Waals surface area contributed by atoms with E-state index in [1.165, 1.54) is 12.1 Å². The molecule has 9 heteroatoms. The number of aromatic carboxylic acids is 2. The molecule has 6 N–H and O–H groups in total. The Morgan fingerprint density at radius 3 is 1.30 bits per heavy atom. The first-order chi connectivity index (χ1) is 10.2. The van der Waals surface area contributed by atoms with Crippen molar-refractivity contribution in [2.75, 3.05) is 11.5 Å². The largest absolute Gasteiger partial charge is 0.478 e. The summed E-state index contributed by atoms with van der Waals surface area (Å²) in [4.78, 5) is 20.9. The van der Waals surface area contributed by atoms with E-state index in [0.29, 0.717) is 8.95 Å². The van der Waals surface area contributed by atoms with Crippen LogP contribution in [-0.2, 0) is 19.5 Å². The molecule has 0 fully saturated rings. The van der Waals surface area contributed by atoms with Crippen LogP contribution in [0.2, 0.25) is 0 Å². The quantitative estimate of drug-likeness (QED) is 0.372. The van der Waals surface area contributed by atoms with Gasteiger partial charge in [-0.05, 0) is 36.4 Å². The molecule has 2 aromatic rings. The van der Waals surface area contributed by atoms with Crippen molar-refractivity contribution < 1.29 is 39.3 Å². The van der Waals surface area contributed by atoms with Crippen molar-refractivity contribution >= 4 is 55.2 Å². The Morgan fingerprint density at radius 1 is 0.783 bits per heavy atom. The average molecular weight is 497 g/mol. The van der Waals surface area contributed by atoms with Crippen molar-refractivity contribution in [1.29, 1.82) is 0 Å². The van der Waals surface area contributed by atoms with E-state index >= 15 is 0 Å². The molecule has 6 nitrogen and oxygen atoms in total. The molecule has 2 aromatic carbocycles. The Hall–Kier alpha value is -1.44. The number of carbonyl (C=O) groups is 2. The van der Waals surface area contributed by atoms with Crippen LogP contribution in [0.5, 0.6) is 0 Å². The van der Waals surface area contributed by atoms with Gasteiger partial charge in [-0.25, -0.2) is 9.59 Å². The van der Waals surface area contributed by atoms with E-state index < -0.39 is 11.9 Å². The van der Waals surface area contributed by atoms with Gasteiger partial charge < -0.3 is 21.7 Å². The van der Waals surface area contributed by atoms with Gasteiger partial charge in [0.25, 0.3) is 0 Å². The van der Waals surface area contributed by atoms with Crippen LogP contribution in [-0.4, -0.2) is 22.2 Å². The zero-order valence-corrected chi connectivity index (χ0v) is 17.9. The number of benzene rings is 2. The van der Waals surface area contributed by atoms with E-state index in [2.05, 4.69) is 31.9 Å². The first-order valence-corrected chi connectivity index (χ1v) is 7.37. The second-order valence-electron chi connectivity index (χ2n) is 4.07. The summed E-state index contributed by atoms with van der Waals surface area (Å²) in [5.74, 6) is -2.02. The van der Waals surface area contributed by atoms with Crippen LogP contribution in [0.1, 0.15) is 20.7 Å². The van der Waals surface area contributed by atoms with Gasteiger partial charge in [0.05, 0.1) is 11.1 Å². The fraction of sp³-hybridized carbons (Fsp3) is 0. The van der Waals surface area contributed by atoms with Gasteiger partial charge in [0.1, 0.15) is 0 Å².